The summed E-state index contributed by atoms with van der Waals surface area (Å²) in [5, 5.41) is 16.0. The molecule has 3 heterocycles. The van der Waals surface area contributed by atoms with Crippen LogP contribution in [0.15, 0.2) is 54.7 Å². The molecule has 208 valence electrons. The molecule has 40 heavy (non-hydrogen) atoms. The topological polar surface area (TPSA) is 116 Å². The van der Waals surface area contributed by atoms with E-state index in [1.807, 2.05) is 49.1 Å². The normalized spacial score (nSPS) is 15.9. The maximum Gasteiger partial charge on any atom is 0.317 e. The third-order valence-electron chi connectivity index (χ3n) is 6.99. The van der Waals surface area contributed by atoms with E-state index >= 15 is 0 Å². The summed E-state index contributed by atoms with van der Waals surface area (Å²) in [7, 11) is 0. The van der Waals surface area contributed by atoms with Crippen molar-refractivity contribution in [3.63, 3.8) is 0 Å². The summed E-state index contributed by atoms with van der Waals surface area (Å²) in [6.07, 6.45) is 3.08. The molecule has 5 rings (SSSR count). The number of amides is 2. The molecule has 2 saturated heterocycles. The van der Waals surface area contributed by atoms with Crippen LogP contribution in [0.4, 0.5) is 22.1 Å². The summed E-state index contributed by atoms with van der Waals surface area (Å²) in [6.45, 7) is 8.42. The third-order valence-corrected chi connectivity index (χ3v) is 6.99. The molecule has 2 fully saturated rings. The number of hydrogen-bond donors (Lipinski definition) is 2. The number of nitriles is 1. The van der Waals surface area contributed by atoms with E-state index in [0.717, 1.165) is 43.2 Å². The predicted octanol–water partition coefficient (Wildman–Crippen LogP) is 4.56. The molecule has 0 unspecified atom stereocenters. The van der Waals surface area contributed by atoms with Crippen molar-refractivity contribution in [2.24, 2.45) is 0 Å². The Labute approximate surface area is 234 Å². The van der Waals surface area contributed by atoms with Crippen molar-refractivity contribution in [1.29, 1.82) is 5.26 Å². The molecule has 2 amide bonds. The van der Waals surface area contributed by atoms with Gasteiger partial charge < -0.3 is 29.9 Å². The first-order valence-corrected chi connectivity index (χ1v) is 13.8. The van der Waals surface area contributed by atoms with Gasteiger partial charge in [-0.15, -0.1) is 0 Å². The monoisotopic (exact) mass is 541 g/mol. The SMILES string of the molecule is CC(C)NC(=O)N1CCC(Oc2ccc(-c3ccnc(Nc4ccc(N5CCOCC5)cc4)n3)cc2C#N)CC1. The van der Waals surface area contributed by atoms with Gasteiger partial charge in [-0.25, -0.2) is 14.8 Å². The molecular formula is C30H35N7O3. The lowest BCUT2D eigenvalue weighted by Crippen LogP contribution is -2.48. The van der Waals surface area contributed by atoms with Gasteiger partial charge in [0.1, 0.15) is 17.9 Å². The summed E-state index contributed by atoms with van der Waals surface area (Å²) in [4.78, 5) is 25.4. The third kappa shape index (κ3) is 6.79. The Morgan fingerprint density at radius 2 is 1.82 bits per heavy atom. The van der Waals surface area contributed by atoms with Crippen molar-refractivity contribution in [3.8, 4) is 23.1 Å². The predicted molar refractivity (Wildman–Crippen MR) is 154 cm³/mol. The largest absolute Gasteiger partial charge is 0.489 e. The van der Waals surface area contributed by atoms with Crippen molar-refractivity contribution in [2.45, 2.75) is 38.8 Å². The van der Waals surface area contributed by atoms with Crippen LogP contribution in [0.25, 0.3) is 11.3 Å². The number of nitrogens with one attached hydrogen (secondary N) is 2. The number of carbonyl (C=O) groups excluding carboxylic acids is 1. The smallest absolute Gasteiger partial charge is 0.317 e. The van der Waals surface area contributed by atoms with Gasteiger partial charge in [0, 0.05) is 68.2 Å². The van der Waals surface area contributed by atoms with Gasteiger partial charge in [0.2, 0.25) is 5.95 Å². The summed E-state index contributed by atoms with van der Waals surface area (Å²) >= 11 is 0. The average Bonchev–Trinajstić information content (AvgIpc) is 2.98. The molecule has 0 atom stereocenters. The Balaban J connectivity index is 1.21. The van der Waals surface area contributed by atoms with E-state index in [1.165, 1.54) is 0 Å². The molecule has 1 aromatic heterocycles. The Kier molecular flexibility index (Phi) is 8.62. The lowest BCUT2D eigenvalue weighted by molar-refractivity contribution is 0.110. The van der Waals surface area contributed by atoms with E-state index in [-0.39, 0.29) is 18.2 Å². The van der Waals surface area contributed by atoms with Crippen LogP contribution in [0, 0.1) is 11.3 Å². The maximum atomic E-state index is 12.3. The van der Waals surface area contributed by atoms with Gasteiger partial charge in [0.25, 0.3) is 0 Å². The highest BCUT2D eigenvalue weighted by atomic mass is 16.5. The minimum Gasteiger partial charge on any atom is -0.489 e. The molecule has 0 saturated carbocycles. The minimum absolute atomic E-state index is 0.0424. The highest BCUT2D eigenvalue weighted by molar-refractivity contribution is 5.74. The maximum absolute atomic E-state index is 12.3. The van der Waals surface area contributed by atoms with E-state index < -0.39 is 0 Å². The second-order valence-electron chi connectivity index (χ2n) is 10.3. The molecule has 2 aliphatic rings. The molecule has 2 aromatic carbocycles. The zero-order valence-electron chi connectivity index (χ0n) is 23.0. The summed E-state index contributed by atoms with van der Waals surface area (Å²) in [5.41, 5.74) is 4.01. The van der Waals surface area contributed by atoms with Gasteiger partial charge in [-0.1, -0.05) is 0 Å². The number of morpholine rings is 1. The van der Waals surface area contributed by atoms with Crippen molar-refractivity contribution in [2.75, 3.05) is 49.6 Å². The molecule has 2 N–H and O–H groups in total. The average molecular weight is 542 g/mol. The molecule has 0 bridgehead atoms. The number of anilines is 3. The van der Waals surface area contributed by atoms with Gasteiger partial charge in [-0.3, -0.25) is 0 Å². The van der Waals surface area contributed by atoms with Crippen LogP contribution in [0.5, 0.6) is 5.75 Å². The number of piperidine rings is 1. The summed E-state index contributed by atoms with van der Waals surface area (Å²) in [5.74, 6) is 1.02. The van der Waals surface area contributed by atoms with Gasteiger partial charge in [-0.05, 0) is 62.4 Å². The van der Waals surface area contributed by atoms with Crippen molar-refractivity contribution >= 4 is 23.4 Å². The number of ether oxygens (including phenoxy) is 2. The number of benzene rings is 2. The number of aromatic nitrogens is 2. The van der Waals surface area contributed by atoms with Gasteiger partial charge >= 0.3 is 6.03 Å². The Bertz CT molecular complexity index is 1340. The number of hydrogen-bond acceptors (Lipinski definition) is 8. The molecule has 0 radical (unpaired) electrons. The zero-order valence-corrected chi connectivity index (χ0v) is 23.0. The molecule has 2 aliphatic heterocycles. The van der Waals surface area contributed by atoms with Crippen LogP contribution >= 0.6 is 0 Å². The second kappa shape index (κ2) is 12.7. The number of rotatable bonds is 7. The Morgan fingerprint density at radius 3 is 2.52 bits per heavy atom. The van der Waals surface area contributed by atoms with Crippen molar-refractivity contribution in [1.82, 2.24) is 20.2 Å². The fourth-order valence-corrected chi connectivity index (χ4v) is 4.86. The van der Waals surface area contributed by atoms with Gasteiger partial charge in [-0.2, -0.15) is 5.26 Å². The first-order chi connectivity index (χ1) is 19.5. The van der Waals surface area contributed by atoms with Crippen LogP contribution in [0.1, 0.15) is 32.3 Å². The summed E-state index contributed by atoms with van der Waals surface area (Å²) < 4.78 is 11.6. The van der Waals surface area contributed by atoms with E-state index in [2.05, 4.69) is 43.7 Å². The van der Waals surface area contributed by atoms with Crippen molar-refractivity contribution < 1.29 is 14.3 Å². The molecule has 0 spiro atoms. The lowest BCUT2D eigenvalue weighted by Gasteiger charge is -2.32. The van der Waals surface area contributed by atoms with Gasteiger partial charge in [0.15, 0.2) is 0 Å². The van der Waals surface area contributed by atoms with Crippen LogP contribution in [-0.2, 0) is 4.74 Å². The first-order valence-electron chi connectivity index (χ1n) is 13.8. The number of urea groups is 1. The fraction of sp³-hybridized carbons (Fsp3) is 0.400. The number of likely N-dealkylation sites (tertiary alicyclic amines) is 1. The molecule has 3 aromatic rings. The minimum atomic E-state index is -0.0504. The molecule has 10 nitrogen and oxygen atoms in total. The zero-order chi connectivity index (χ0) is 27.9. The van der Waals surface area contributed by atoms with E-state index in [4.69, 9.17) is 9.47 Å². The first kappa shape index (κ1) is 27.2. The molecular weight excluding hydrogens is 506 g/mol. The number of nitrogens with zero attached hydrogens (tertiary/aromatic N) is 5. The van der Waals surface area contributed by atoms with Crippen LogP contribution in [-0.4, -0.2) is 72.4 Å². The van der Waals surface area contributed by atoms with Gasteiger partial charge in [0.05, 0.1) is 24.5 Å². The highest BCUT2D eigenvalue weighted by Gasteiger charge is 2.25. The van der Waals surface area contributed by atoms with E-state index in [0.29, 0.717) is 48.9 Å². The molecule has 0 aliphatic carbocycles. The van der Waals surface area contributed by atoms with E-state index in [9.17, 15) is 10.1 Å². The summed E-state index contributed by atoms with van der Waals surface area (Å²) in [6, 6.07) is 17.9. The lowest BCUT2D eigenvalue weighted by atomic mass is 10.1. The molecule has 10 heteroatoms. The number of carbonyl (C=O) groups is 1. The Hall–Kier alpha value is -4.36. The van der Waals surface area contributed by atoms with Crippen LogP contribution < -0.4 is 20.3 Å². The second-order valence-corrected chi connectivity index (χ2v) is 10.3. The Morgan fingerprint density at radius 1 is 1.07 bits per heavy atom. The van der Waals surface area contributed by atoms with Crippen LogP contribution in [0.2, 0.25) is 0 Å². The van der Waals surface area contributed by atoms with Crippen molar-refractivity contribution in [3.05, 3.63) is 60.3 Å². The van der Waals surface area contributed by atoms with E-state index in [1.54, 1.807) is 12.3 Å². The van der Waals surface area contributed by atoms with Crippen LogP contribution in [0.3, 0.4) is 0 Å². The highest BCUT2D eigenvalue weighted by Crippen LogP contribution is 2.29. The quantitative estimate of drug-likeness (QED) is 0.447. The fourth-order valence-electron chi connectivity index (χ4n) is 4.86. The standard InChI is InChI=1S/C30H35N7O3/c1-21(2)33-30(38)37-13-10-26(11-14-37)40-28-8-3-22(19-23(28)20-31)27-9-12-32-29(35-27)34-24-4-6-25(7-5-24)36-15-17-39-18-16-36/h3-9,12,19,21,26H,10-11,13-18H2,1-2H3,(H,33,38)(H,32,34,35).